The highest BCUT2D eigenvalue weighted by Crippen LogP contribution is 2.43. The van der Waals surface area contributed by atoms with Crippen molar-refractivity contribution in [3.63, 3.8) is 0 Å². The first-order valence-electron chi connectivity index (χ1n) is 6.01. The van der Waals surface area contributed by atoms with Crippen LogP contribution in [0.3, 0.4) is 0 Å². The quantitative estimate of drug-likeness (QED) is 0.591. The number of rotatable bonds is 4. The van der Waals surface area contributed by atoms with E-state index in [9.17, 15) is 4.79 Å². The van der Waals surface area contributed by atoms with Gasteiger partial charge in [-0.25, -0.2) is 4.79 Å². The van der Waals surface area contributed by atoms with Crippen LogP contribution in [-0.2, 0) is 9.53 Å². The smallest absolute Gasteiger partial charge is 0.333 e. The fraction of sp³-hybridized carbons (Fsp3) is 0.769. The summed E-state index contributed by atoms with van der Waals surface area (Å²) in [5.74, 6) is 0.121. The highest BCUT2D eigenvalue weighted by Gasteiger charge is 2.36. The van der Waals surface area contributed by atoms with Gasteiger partial charge < -0.3 is 9.84 Å². The standard InChI is InChI=1S/C13H22O3/c1-4-16-12(15)10(2)13(3)7-5-11(9-14)6-8-13/h11,14H,2,4-9H2,1,3H3. The third kappa shape index (κ3) is 2.85. The van der Waals surface area contributed by atoms with Gasteiger partial charge in [0.05, 0.1) is 6.61 Å². The van der Waals surface area contributed by atoms with E-state index in [4.69, 9.17) is 9.84 Å². The highest BCUT2D eigenvalue weighted by molar-refractivity contribution is 5.89. The maximum absolute atomic E-state index is 11.6. The van der Waals surface area contributed by atoms with Gasteiger partial charge in [0.2, 0.25) is 0 Å². The topological polar surface area (TPSA) is 46.5 Å². The van der Waals surface area contributed by atoms with Gasteiger partial charge in [0.25, 0.3) is 0 Å². The second-order valence-electron chi connectivity index (χ2n) is 4.89. The Morgan fingerprint density at radius 1 is 1.50 bits per heavy atom. The maximum Gasteiger partial charge on any atom is 0.333 e. The van der Waals surface area contributed by atoms with Gasteiger partial charge in [0, 0.05) is 12.2 Å². The van der Waals surface area contributed by atoms with Crippen molar-refractivity contribution in [2.75, 3.05) is 13.2 Å². The minimum Gasteiger partial charge on any atom is -0.463 e. The molecule has 0 aromatic rings. The number of carbonyl (C=O) groups is 1. The lowest BCUT2D eigenvalue weighted by atomic mass is 9.68. The van der Waals surface area contributed by atoms with E-state index in [1.807, 2.05) is 0 Å². The summed E-state index contributed by atoms with van der Waals surface area (Å²) in [6.45, 7) is 8.40. The Morgan fingerprint density at radius 3 is 2.50 bits per heavy atom. The number of esters is 1. The maximum atomic E-state index is 11.6. The first-order chi connectivity index (χ1) is 7.53. The fourth-order valence-corrected chi connectivity index (χ4v) is 2.26. The summed E-state index contributed by atoms with van der Waals surface area (Å²) < 4.78 is 4.99. The summed E-state index contributed by atoms with van der Waals surface area (Å²) >= 11 is 0. The Morgan fingerprint density at radius 2 is 2.06 bits per heavy atom. The minimum absolute atomic E-state index is 0.141. The van der Waals surface area contributed by atoms with E-state index < -0.39 is 0 Å². The van der Waals surface area contributed by atoms with Gasteiger partial charge >= 0.3 is 5.97 Å². The molecule has 1 aliphatic carbocycles. The molecule has 1 fully saturated rings. The van der Waals surface area contributed by atoms with Crippen molar-refractivity contribution in [2.45, 2.75) is 39.5 Å². The number of hydrogen-bond donors (Lipinski definition) is 1. The molecule has 1 aliphatic rings. The van der Waals surface area contributed by atoms with Crippen LogP contribution < -0.4 is 0 Å². The lowest BCUT2D eigenvalue weighted by Gasteiger charge is -2.37. The number of hydrogen-bond acceptors (Lipinski definition) is 3. The van der Waals surface area contributed by atoms with Crippen LogP contribution in [-0.4, -0.2) is 24.3 Å². The molecular weight excluding hydrogens is 204 g/mol. The van der Waals surface area contributed by atoms with E-state index in [-0.39, 0.29) is 18.0 Å². The first kappa shape index (κ1) is 13.2. The van der Waals surface area contributed by atoms with Crippen LogP contribution in [0.5, 0.6) is 0 Å². The zero-order chi connectivity index (χ0) is 12.2. The van der Waals surface area contributed by atoms with E-state index in [1.165, 1.54) is 0 Å². The summed E-state index contributed by atoms with van der Waals surface area (Å²) in [5.41, 5.74) is 0.448. The summed E-state index contributed by atoms with van der Waals surface area (Å²) in [5, 5.41) is 9.08. The molecule has 0 aromatic heterocycles. The van der Waals surface area contributed by atoms with E-state index in [0.717, 1.165) is 25.7 Å². The van der Waals surface area contributed by atoms with Gasteiger partial charge in [-0.1, -0.05) is 13.5 Å². The molecule has 0 heterocycles. The highest BCUT2D eigenvalue weighted by atomic mass is 16.5. The molecule has 0 radical (unpaired) electrons. The van der Waals surface area contributed by atoms with Gasteiger partial charge in [0.1, 0.15) is 0 Å². The molecule has 1 saturated carbocycles. The van der Waals surface area contributed by atoms with Crippen molar-refractivity contribution in [2.24, 2.45) is 11.3 Å². The van der Waals surface area contributed by atoms with Crippen molar-refractivity contribution in [1.82, 2.24) is 0 Å². The Balaban J connectivity index is 2.58. The van der Waals surface area contributed by atoms with E-state index in [2.05, 4.69) is 13.5 Å². The van der Waals surface area contributed by atoms with Crippen LogP contribution in [0.4, 0.5) is 0 Å². The van der Waals surface area contributed by atoms with Crippen molar-refractivity contribution in [3.05, 3.63) is 12.2 Å². The predicted molar refractivity (Wildman–Crippen MR) is 62.9 cm³/mol. The summed E-state index contributed by atoms with van der Waals surface area (Å²) in [6, 6.07) is 0. The van der Waals surface area contributed by atoms with Crippen LogP contribution in [0, 0.1) is 11.3 Å². The summed E-state index contributed by atoms with van der Waals surface area (Å²) in [6.07, 6.45) is 3.75. The zero-order valence-electron chi connectivity index (χ0n) is 10.3. The average Bonchev–Trinajstić information content (AvgIpc) is 2.29. The molecule has 0 aliphatic heterocycles. The third-order valence-corrected chi connectivity index (χ3v) is 3.72. The Labute approximate surface area is 97.5 Å². The number of aliphatic hydroxyl groups excluding tert-OH is 1. The lowest BCUT2D eigenvalue weighted by Crippen LogP contribution is -2.31. The van der Waals surface area contributed by atoms with Crippen molar-refractivity contribution in [1.29, 1.82) is 0 Å². The molecule has 16 heavy (non-hydrogen) atoms. The molecule has 0 bridgehead atoms. The molecule has 0 aromatic carbocycles. The van der Waals surface area contributed by atoms with Crippen LogP contribution in [0.15, 0.2) is 12.2 Å². The molecule has 1 rings (SSSR count). The molecule has 0 spiro atoms. The van der Waals surface area contributed by atoms with Crippen LogP contribution >= 0.6 is 0 Å². The SMILES string of the molecule is C=C(C(=O)OCC)C1(C)CCC(CO)CC1. The Kier molecular flexibility index (Phi) is 4.54. The molecule has 0 atom stereocenters. The normalized spacial score (nSPS) is 29.8. The van der Waals surface area contributed by atoms with Crippen molar-refractivity contribution < 1.29 is 14.6 Å². The largest absolute Gasteiger partial charge is 0.463 e. The second kappa shape index (κ2) is 5.48. The van der Waals surface area contributed by atoms with Gasteiger partial charge in [0.15, 0.2) is 0 Å². The summed E-state index contributed by atoms with van der Waals surface area (Å²) in [4.78, 5) is 11.6. The minimum atomic E-state index is -0.271. The van der Waals surface area contributed by atoms with Crippen LogP contribution in [0.2, 0.25) is 0 Å². The molecule has 3 heteroatoms. The van der Waals surface area contributed by atoms with Crippen LogP contribution in [0.1, 0.15) is 39.5 Å². The number of carbonyl (C=O) groups excluding carboxylic acids is 1. The molecule has 92 valence electrons. The molecular formula is C13H22O3. The zero-order valence-corrected chi connectivity index (χ0v) is 10.3. The molecule has 0 amide bonds. The predicted octanol–water partition coefficient (Wildman–Crippen LogP) is 2.29. The van der Waals surface area contributed by atoms with E-state index in [0.29, 0.717) is 18.1 Å². The molecule has 0 unspecified atom stereocenters. The van der Waals surface area contributed by atoms with Gasteiger partial charge in [-0.05, 0) is 43.9 Å². The van der Waals surface area contributed by atoms with Crippen LogP contribution in [0.25, 0.3) is 0 Å². The van der Waals surface area contributed by atoms with Gasteiger partial charge in [-0.15, -0.1) is 0 Å². The van der Waals surface area contributed by atoms with E-state index >= 15 is 0 Å². The number of ether oxygens (including phenoxy) is 1. The van der Waals surface area contributed by atoms with Gasteiger partial charge in [-0.3, -0.25) is 0 Å². The average molecular weight is 226 g/mol. The van der Waals surface area contributed by atoms with Gasteiger partial charge in [-0.2, -0.15) is 0 Å². The molecule has 0 saturated heterocycles. The third-order valence-electron chi connectivity index (χ3n) is 3.72. The fourth-order valence-electron chi connectivity index (χ4n) is 2.26. The number of aliphatic hydroxyl groups is 1. The second-order valence-corrected chi connectivity index (χ2v) is 4.89. The Bertz CT molecular complexity index is 262. The van der Waals surface area contributed by atoms with Crippen molar-refractivity contribution >= 4 is 5.97 Å². The Hall–Kier alpha value is -0.830. The monoisotopic (exact) mass is 226 g/mol. The van der Waals surface area contributed by atoms with E-state index in [1.54, 1.807) is 6.92 Å². The summed E-state index contributed by atoms with van der Waals surface area (Å²) in [7, 11) is 0. The molecule has 3 nitrogen and oxygen atoms in total. The molecule has 1 N–H and O–H groups in total. The van der Waals surface area contributed by atoms with Crippen molar-refractivity contribution in [3.8, 4) is 0 Å². The lowest BCUT2D eigenvalue weighted by molar-refractivity contribution is -0.140. The first-order valence-corrected chi connectivity index (χ1v) is 6.01.